The number of benzene rings is 1. The van der Waals surface area contributed by atoms with E-state index in [1.807, 2.05) is 12.1 Å². The second-order valence-corrected chi connectivity index (χ2v) is 7.22. The van der Waals surface area contributed by atoms with Gasteiger partial charge >= 0.3 is 0 Å². The summed E-state index contributed by atoms with van der Waals surface area (Å²) in [5.74, 6) is 0.699. The van der Waals surface area contributed by atoms with E-state index < -0.39 is 0 Å². The summed E-state index contributed by atoms with van der Waals surface area (Å²) in [6.45, 7) is 5.60. The van der Waals surface area contributed by atoms with Crippen LogP contribution in [0.1, 0.15) is 49.5 Å². The van der Waals surface area contributed by atoms with Gasteiger partial charge in [-0.2, -0.15) is 0 Å². The monoisotopic (exact) mass is 388 g/mol. The minimum Gasteiger partial charge on any atom is -0.468 e. The fourth-order valence-electron chi connectivity index (χ4n) is 3.76. The molecule has 2 unspecified atom stereocenters. The number of hydrogen-bond acceptors (Lipinski definition) is 4. The molecule has 1 fully saturated rings. The topological polar surface area (TPSA) is 54.7 Å². The van der Waals surface area contributed by atoms with Crippen molar-refractivity contribution in [3.05, 3.63) is 59.8 Å². The van der Waals surface area contributed by atoms with E-state index in [0.717, 1.165) is 37.3 Å². The number of halogens is 1. The molecule has 1 aliphatic rings. The van der Waals surface area contributed by atoms with E-state index in [1.165, 1.54) is 12.1 Å². The zero-order valence-corrected chi connectivity index (χ0v) is 16.4. The van der Waals surface area contributed by atoms with Crippen LogP contribution in [-0.4, -0.2) is 43.7 Å². The predicted octanol–water partition coefficient (Wildman–Crippen LogP) is 3.88. The van der Waals surface area contributed by atoms with Gasteiger partial charge in [-0.1, -0.05) is 25.5 Å². The van der Waals surface area contributed by atoms with Crippen LogP contribution in [0, 0.1) is 5.82 Å². The molecule has 3 rings (SSSR count). The van der Waals surface area contributed by atoms with Crippen LogP contribution in [0.25, 0.3) is 0 Å². The lowest BCUT2D eigenvalue weighted by Crippen LogP contribution is -2.43. The van der Waals surface area contributed by atoms with Crippen molar-refractivity contribution in [2.45, 2.75) is 38.1 Å². The average molecular weight is 388 g/mol. The molecular weight excluding hydrogens is 359 g/mol. The number of amides is 1. The number of rotatable bonds is 9. The van der Waals surface area contributed by atoms with Gasteiger partial charge in [0.1, 0.15) is 11.6 Å². The second-order valence-electron chi connectivity index (χ2n) is 7.22. The molecule has 0 spiro atoms. The molecule has 1 N–H and O–H groups in total. The van der Waals surface area contributed by atoms with Crippen molar-refractivity contribution < 1.29 is 18.3 Å². The number of furan rings is 1. The van der Waals surface area contributed by atoms with Gasteiger partial charge in [0.25, 0.3) is 0 Å². The summed E-state index contributed by atoms with van der Waals surface area (Å²) in [5, 5.41) is 3.08. The smallest absolute Gasteiger partial charge is 0.220 e. The molecule has 0 saturated carbocycles. The molecule has 2 atom stereocenters. The van der Waals surface area contributed by atoms with Crippen molar-refractivity contribution in [1.29, 1.82) is 0 Å². The average Bonchev–Trinajstić information content (AvgIpc) is 3.24. The Bertz CT molecular complexity index is 712. The Hall–Kier alpha value is -2.18. The third kappa shape index (κ3) is 5.66. The minimum absolute atomic E-state index is 0.00158. The van der Waals surface area contributed by atoms with E-state index in [2.05, 4.69) is 17.1 Å². The summed E-state index contributed by atoms with van der Waals surface area (Å²) >= 11 is 0. The molecule has 152 valence electrons. The molecule has 1 saturated heterocycles. The molecule has 5 nitrogen and oxygen atoms in total. The number of carbonyl (C=O) groups excluding carboxylic acids is 1. The molecule has 28 heavy (non-hydrogen) atoms. The third-order valence-electron chi connectivity index (χ3n) is 5.26. The summed E-state index contributed by atoms with van der Waals surface area (Å²) in [5.41, 5.74) is 1.01. The molecule has 2 aromatic rings. The van der Waals surface area contributed by atoms with Crippen LogP contribution in [0.5, 0.6) is 0 Å². The highest BCUT2D eigenvalue weighted by molar-refractivity contribution is 5.76. The van der Waals surface area contributed by atoms with E-state index in [0.29, 0.717) is 26.2 Å². The van der Waals surface area contributed by atoms with Crippen LogP contribution < -0.4 is 5.32 Å². The van der Waals surface area contributed by atoms with Gasteiger partial charge in [0.2, 0.25) is 5.91 Å². The fourth-order valence-corrected chi connectivity index (χ4v) is 3.76. The molecule has 0 bridgehead atoms. The van der Waals surface area contributed by atoms with Crippen molar-refractivity contribution in [2.24, 2.45) is 0 Å². The van der Waals surface area contributed by atoms with Crippen molar-refractivity contribution in [1.82, 2.24) is 10.2 Å². The van der Waals surface area contributed by atoms with Crippen LogP contribution >= 0.6 is 0 Å². The number of nitrogens with zero attached hydrogens (tertiary/aromatic N) is 1. The van der Waals surface area contributed by atoms with Crippen LogP contribution in [0.4, 0.5) is 4.39 Å². The number of ether oxygens (including phenoxy) is 1. The maximum absolute atomic E-state index is 13.2. The van der Waals surface area contributed by atoms with E-state index in [4.69, 9.17) is 9.15 Å². The Morgan fingerprint density at radius 3 is 2.61 bits per heavy atom. The Balaban J connectivity index is 1.60. The lowest BCUT2D eigenvalue weighted by atomic mass is 9.91. The number of nitrogens with one attached hydrogen (secondary N) is 1. The van der Waals surface area contributed by atoms with Gasteiger partial charge in [-0.15, -0.1) is 0 Å². The molecule has 1 aliphatic heterocycles. The van der Waals surface area contributed by atoms with Crippen LogP contribution in [0.15, 0.2) is 47.1 Å². The molecule has 0 aliphatic carbocycles. The Morgan fingerprint density at radius 2 is 1.96 bits per heavy atom. The highest BCUT2D eigenvalue weighted by Crippen LogP contribution is 2.26. The van der Waals surface area contributed by atoms with Crippen molar-refractivity contribution in [3.63, 3.8) is 0 Å². The Morgan fingerprint density at radius 1 is 1.21 bits per heavy atom. The third-order valence-corrected chi connectivity index (χ3v) is 5.26. The zero-order chi connectivity index (χ0) is 19.8. The highest BCUT2D eigenvalue weighted by atomic mass is 19.1. The summed E-state index contributed by atoms with van der Waals surface area (Å²) < 4.78 is 24.3. The van der Waals surface area contributed by atoms with Crippen molar-refractivity contribution in [2.75, 3.05) is 32.8 Å². The van der Waals surface area contributed by atoms with Crippen LogP contribution in [0.3, 0.4) is 0 Å². The van der Waals surface area contributed by atoms with Gasteiger partial charge in [0, 0.05) is 26.1 Å². The van der Waals surface area contributed by atoms with E-state index in [9.17, 15) is 9.18 Å². The van der Waals surface area contributed by atoms with Gasteiger partial charge in [0.05, 0.1) is 25.5 Å². The zero-order valence-electron chi connectivity index (χ0n) is 16.4. The first kappa shape index (κ1) is 20.6. The lowest BCUT2D eigenvalue weighted by molar-refractivity contribution is -0.121. The van der Waals surface area contributed by atoms with Gasteiger partial charge in [-0.05, 0) is 42.2 Å². The van der Waals surface area contributed by atoms with E-state index in [1.54, 1.807) is 18.4 Å². The fraction of sp³-hybridized carbons (Fsp3) is 0.500. The molecule has 1 amide bonds. The number of morpholine rings is 1. The maximum Gasteiger partial charge on any atom is 0.220 e. The highest BCUT2D eigenvalue weighted by Gasteiger charge is 2.25. The normalized spacial score (nSPS) is 17.2. The summed E-state index contributed by atoms with van der Waals surface area (Å²) in [6.07, 6.45) is 3.92. The number of carbonyl (C=O) groups is 1. The van der Waals surface area contributed by atoms with Crippen molar-refractivity contribution in [3.8, 4) is 0 Å². The van der Waals surface area contributed by atoms with E-state index >= 15 is 0 Å². The second kappa shape index (κ2) is 10.4. The van der Waals surface area contributed by atoms with Crippen LogP contribution in [-0.2, 0) is 9.53 Å². The van der Waals surface area contributed by atoms with Crippen LogP contribution in [0.2, 0.25) is 0 Å². The Kier molecular flexibility index (Phi) is 7.62. The van der Waals surface area contributed by atoms with Gasteiger partial charge in [0.15, 0.2) is 0 Å². The molecule has 2 heterocycles. The first-order chi connectivity index (χ1) is 13.7. The molecule has 0 radical (unpaired) electrons. The molecule has 1 aromatic heterocycles. The summed E-state index contributed by atoms with van der Waals surface area (Å²) in [7, 11) is 0. The van der Waals surface area contributed by atoms with Gasteiger partial charge in [-0.25, -0.2) is 4.39 Å². The first-order valence-electron chi connectivity index (χ1n) is 10.0. The number of hydrogen-bond donors (Lipinski definition) is 1. The lowest BCUT2D eigenvalue weighted by Gasteiger charge is -2.33. The predicted molar refractivity (Wildman–Crippen MR) is 106 cm³/mol. The molecule has 6 heteroatoms. The van der Waals surface area contributed by atoms with Crippen molar-refractivity contribution >= 4 is 5.91 Å². The minimum atomic E-state index is -0.254. The largest absolute Gasteiger partial charge is 0.468 e. The Labute approximate surface area is 165 Å². The van der Waals surface area contributed by atoms with Gasteiger partial charge in [-0.3, -0.25) is 9.69 Å². The molecular formula is C22H29FN2O3. The SMILES string of the molecule is CCCC(CC(=O)NCC(c1ccco1)N1CCOCC1)c1ccc(F)cc1. The van der Waals surface area contributed by atoms with Gasteiger partial charge < -0.3 is 14.5 Å². The maximum atomic E-state index is 13.2. The standard InChI is InChI=1S/C22H29FN2O3/c1-2-4-18(17-6-8-19(23)9-7-17)15-22(26)24-16-20(21-5-3-12-28-21)25-10-13-27-14-11-25/h3,5-9,12,18,20H,2,4,10-11,13-16H2,1H3,(H,24,26). The van der Waals surface area contributed by atoms with E-state index in [-0.39, 0.29) is 23.7 Å². The summed E-state index contributed by atoms with van der Waals surface area (Å²) in [6, 6.07) is 10.3. The molecule has 1 aromatic carbocycles. The quantitative estimate of drug-likeness (QED) is 0.708. The summed E-state index contributed by atoms with van der Waals surface area (Å²) in [4.78, 5) is 15.0. The first-order valence-corrected chi connectivity index (χ1v) is 10.0.